The van der Waals surface area contributed by atoms with Crippen LogP contribution in [-0.4, -0.2) is 12.2 Å². The van der Waals surface area contributed by atoms with Gasteiger partial charge in [-0.15, -0.1) is 0 Å². The second-order valence-electron chi connectivity index (χ2n) is 4.63. The number of furan rings is 1. The number of nitrogens with one attached hydrogen (secondary N) is 1. The average molecular weight is 279 g/mol. The van der Waals surface area contributed by atoms with Crippen molar-refractivity contribution in [1.29, 1.82) is 0 Å². The van der Waals surface area contributed by atoms with E-state index in [9.17, 15) is 9.59 Å². The third kappa shape index (κ3) is 2.56. The molecule has 0 saturated heterocycles. The molecule has 0 saturated carbocycles. The second kappa shape index (κ2) is 5.63. The fraction of sp³-hybridized carbons (Fsp3) is 0.0588. The molecule has 0 aliphatic heterocycles. The molecule has 1 aromatic heterocycles. The molecule has 0 aliphatic rings. The van der Waals surface area contributed by atoms with Gasteiger partial charge in [0.1, 0.15) is 5.76 Å². The zero-order chi connectivity index (χ0) is 14.7. The Morgan fingerprint density at radius 2 is 1.90 bits per heavy atom. The zero-order valence-corrected chi connectivity index (χ0v) is 11.2. The Morgan fingerprint density at radius 1 is 1.10 bits per heavy atom. The van der Waals surface area contributed by atoms with E-state index in [2.05, 4.69) is 5.32 Å². The van der Waals surface area contributed by atoms with Gasteiger partial charge in [0.25, 0.3) is 5.91 Å². The van der Waals surface area contributed by atoms with Gasteiger partial charge >= 0.3 is 0 Å². The normalized spacial score (nSPS) is 10.5. The summed E-state index contributed by atoms with van der Waals surface area (Å²) < 4.78 is 5.18. The Labute approximate surface area is 121 Å². The lowest BCUT2D eigenvalue weighted by Gasteiger charge is -2.09. The molecule has 21 heavy (non-hydrogen) atoms. The van der Waals surface area contributed by atoms with Gasteiger partial charge in [0, 0.05) is 16.5 Å². The molecule has 0 spiro atoms. The van der Waals surface area contributed by atoms with E-state index in [1.807, 2.05) is 12.1 Å². The lowest BCUT2D eigenvalue weighted by Crippen LogP contribution is -2.23. The summed E-state index contributed by atoms with van der Waals surface area (Å²) in [4.78, 5) is 23.5. The first-order valence-corrected chi connectivity index (χ1v) is 6.57. The number of amides is 1. The summed E-state index contributed by atoms with van der Waals surface area (Å²) in [6.45, 7) is 0.311. The van der Waals surface area contributed by atoms with E-state index in [1.54, 1.807) is 42.7 Å². The summed E-state index contributed by atoms with van der Waals surface area (Å²) in [5.41, 5.74) is 0.998. The average Bonchev–Trinajstić information content (AvgIpc) is 3.04. The summed E-state index contributed by atoms with van der Waals surface area (Å²) >= 11 is 0. The van der Waals surface area contributed by atoms with E-state index in [-0.39, 0.29) is 5.91 Å². The predicted molar refractivity (Wildman–Crippen MR) is 79.2 cm³/mol. The minimum atomic E-state index is -0.230. The first kappa shape index (κ1) is 13.1. The van der Waals surface area contributed by atoms with Crippen molar-refractivity contribution in [3.8, 4) is 0 Å². The molecule has 1 amide bonds. The summed E-state index contributed by atoms with van der Waals surface area (Å²) in [5.74, 6) is 0.450. The predicted octanol–water partition coefficient (Wildman–Crippen LogP) is 3.18. The first-order chi connectivity index (χ1) is 10.3. The van der Waals surface area contributed by atoms with Gasteiger partial charge < -0.3 is 9.73 Å². The Bertz CT molecular complexity index is 786. The lowest BCUT2D eigenvalue weighted by molar-refractivity contribution is 0.0949. The third-order valence-electron chi connectivity index (χ3n) is 3.31. The molecule has 4 nitrogen and oxygen atoms in total. The molecular weight excluding hydrogens is 266 g/mol. The van der Waals surface area contributed by atoms with Gasteiger partial charge in [-0.05, 0) is 23.6 Å². The number of hydrogen-bond donors (Lipinski definition) is 1. The van der Waals surface area contributed by atoms with Crippen LogP contribution in [0.25, 0.3) is 10.8 Å². The number of carbonyl (C=O) groups is 2. The standard InChI is InChI=1S/C17H13NO3/c19-11-13-6-1-4-12-5-2-8-15(16(12)13)17(20)18-10-14-7-3-9-21-14/h1-9,11H,10H2,(H,18,20). The molecule has 0 atom stereocenters. The number of benzene rings is 2. The van der Waals surface area contributed by atoms with E-state index < -0.39 is 0 Å². The topological polar surface area (TPSA) is 59.3 Å². The summed E-state index contributed by atoms with van der Waals surface area (Å²) in [6, 6.07) is 14.3. The Balaban J connectivity index is 1.95. The molecule has 3 aromatic rings. The maximum absolute atomic E-state index is 12.4. The monoisotopic (exact) mass is 279 g/mol. The molecule has 1 N–H and O–H groups in total. The SMILES string of the molecule is O=Cc1cccc2cccc(C(=O)NCc3ccco3)c12. The van der Waals surface area contributed by atoms with Gasteiger partial charge in [-0.2, -0.15) is 0 Å². The second-order valence-corrected chi connectivity index (χ2v) is 4.63. The van der Waals surface area contributed by atoms with Crippen molar-refractivity contribution in [3.63, 3.8) is 0 Å². The van der Waals surface area contributed by atoms with Crippen molar-refractivity contribution in [2.24, 2.45) is 0 Å². The lowest BCUT2D eigenvalue weighted by atomic mass is 9.99. The smallest absolute Gasteiger partial charge is 0.252 e. The summed E-state index contributed by atoms with van der Waals surface area (Å²) in [5, 5.41) is 4.34. The van der Waals surface area contributed by atoms with Gasteiger partial charge in [0.2, 0.25) is 0 Å². The maximum Gasteiger partial charge on any atom is 0.252 e. The van der Waals surface area contributed by atoms with Crippen molar-refractivity contribution < 1.29 is 14.0 Å². The van der Waals surface area contributed by atoms with Gasteiger partial charge in [0.15, 0.2) is 6.29 Å². The van der Waals surface area contributed by atoms with Crippen LogP contribution < -0.4 is 5.32 Å². The van der Waals surface area contributed by atoms with Crippen LogP contribution in [0.5, 0.6) is 0 Å². The molecular formula is C17H13NO3. The Kier molecular flexibility index (Phi) is 3.51. The van der Waals surface area contributed by atoms with Crippen LogP contribution in [0.4, 0.5) is 0 Å². The molecule has 2 aromatic carbocycles. The highest BCUT2D eigenvalue weighted by Gasteiger charge is 2.12. The van der Waals surface area contributed by atoms with Crippen molar-refractivity contribution in [1.82, 2.24) is 5.32 Å². The zero-order valence-electron chi connectivity index (χ0n) is 11.2. The highest BCUT2D eigenvalue weighted by molar-refractivity contribution is 6.12. The van der Waals surface area contributed by atoms with E-state index in [0.717, 1.165) is 11.7 Å². The summed E-state index contributed by atoms with van der Waals surface area (Å²) in [7, 11) is 0. The van der Waals surface area contributed by atoms with Crippen LogP contribution >= 0.6 is 0 Å². The van der Waals surface area contributed by atoms with Crippen LogP contribution in [-0.2, 0) is 6.54 Å². The molecule has 0 radical (unpaired) electrons. The number of aldehydes is 1. The maximum atomic E-state index is 12.4. The minimum absolute atomic E-state index is 0.230. The molecule has 0 fully saturated rings. The molecule has 1 heterocycles. The van der Waals surface area contributed by atoms with Crippen molar-refractivity contribution in [3.05, 3.63) is 71.7 Å². The van der Waals surface area contributed by atoms with Crippen LogP contribution in [0.1, 0.15) is 26.5 Å². The fourth-order valence-electron chi connectivity index (χ4n) is 2.33. The van der Waals surface area contributed by atoms with Crippen molar-refractivity contribution >= 4 is 23.0 Å². The first-order valence-electron chi connectivity index (χ1n) is 6.57. The van der Waals surface area contributed by atoms with Gasteiger partial charge in [-0.25, -0.2) is 0 Å². The van der Waals surface area contributed by atoms with E-state index in [0.29, 0.717) is 28.8 Å². The largest absolute Gasteiger partial charge is 0.467 e. The van der Waals surface area contributed by atoms with Gasteiger partial charge in [0.05, 0.1) is 12.8 Å². The van der Waals surface area contributed by atoms with Crippen LogP contribution in [0.2, 0.25) is 0 Å². The van der Waals surface area contributed by atoms with Gasteiger partial charge in [-0.3, -0.25) is 9.59 Å². The van der Waals surface area contributed by atoms with Crippen molar-refractivity contribution in [2.75, 3.05) is 0 Å². The highest BCUT2D eigenvalue weighted by Crippen LogP contribution is 2.22. The quantitative estimate of drug-likeness (QED) is 0.746. The summed E-state index contributed by atoms with van der Waals surface area (Å²) in [6.07, 6.45) is 2.33. The number of fused-ring (bicyclic) bond motifs is 1. The van der Waals surface area contributed by atoms with Gasteiger partial charge in [-0.1, -0.05) is 30.3 Å². The van der Waals surface area contributed by atoms with E-state index in [1.165, 1.54) is 0 Å². The molecule has 0 bridgehead atoms. The Morgan fingerprint density at radius 3 is 2.62 bits per heavy atom. The van der Waals surface area contributed by atoms with Crippen LogP contribution in [0, 0.1) is 0 Å². The van der Waals surface area contributed by atoms with Crippen LogP contribution in [0.15, 0.2) is 59.2 Å². The van der Waals surface area contributed by atoms with E-state index >= 15 is 0 Å². The molecule has 3 rings (SSSR count). The van der Waals surface area contributed by atoms with E-state index in [4.69, 9.17) is 4.42 Å². The molecule has 0 unspecified atom stereocenters. The fourth-order valence-corrected chi connectivity index (χ4v) is 2.33. The Hall–Kier alpha value is -2.88. The third-order valence-corrected chi connectivity index (χ3v) is 3.31. The number of rotatable bonds is 4. The molecule has 4 heteroatoms. The van der Waals surface area contributed by atoms with Crippen LogP contribution in [0.3, 0.4) is 0 Å². The molecule has 104 valence electrons. The highest BCUT2D eigenvalue weighted by atomic mass is 16.3. The number of hydrogen-bond acceptors (Lipinski definition) is 3. The van der Waals surface area contributed by atoms with Crippen molar-refractivity contribution in [2.45, 2.75) is 6.54 Å². The molecule has 0 aliphatic carbocycles. The minimum Gasteiger partial charge on any atom is -0.467 e. The number of carbonyl (C=O) groups excluding carboxylic acids is 2.